The smallest absolute Gasteiger partial charge is 0.257 e. The predicted octanol–water partition coefficient (Wildman–Crippen LogP) is 3.77. The van der Waals surface area contributed by atoms with Crippen molar-refractivity contribution < 1.29 is 14.4 Å². The van der Waals surface area contributed by atoms with Crippen LogP contribution in [0.1, 0.15) is 49.1 Å². The van der Waals surface area contributed by atoms with E-state index in [0.29, 0.717) is 23.4 Å². The van der Waals surface area contributed by atoms with Crippen molar-refractivity contribution in [3.63, 3.8) is 0 Å². The third-order valence-electron chi connectivity index (χ3n) is 4.51. The van der Waals surface area contributed by atoms with Gasteiger partial charge in [0.1, 0.15) is 0 Å². The number of nitrogens with zero attached hydrogens (tertiary/aromatic N) is 1. The van der Waals surface area contributed by atoms with Crippen molar-refractivity contribution in [2.75, 3.05) is 5.32 Å². The molecule has 3 rings (SSSR count). The number of carbonyl (C=O) groups excluding carboxylic acids is 3. The van der Waals surface area contributed by atoms with Crippen molar-refractivity contribution in [2.45, 2.75) is 20.4 Å². The summed E-state index contributed by atoms with van der Waals surface area (Å²) in [5.41, 5.74) is 3.81. The molecule has 0 bridgehead atoms. The standard InChI is InChI=1S/C23H21N3O3/c1-15-5-3-4-6-18(15)14-25-22(28)19-11-20(13-24-12-19)23(29)26-21-9-7-17(8-10-21)16(2)27/h3-13H,14H2,1-2H3,(H,25,28)(H,26,29). The number of pyridine rings is 1. The van der Waals surface area contributed by atoms with E-state index in [1.165, 1.54) is 25.4 Å². The maximum Gasteiger partial charge on any atom is 0.257 e. The van der Waals surface area contributed by atoms with Crippen LogP contribution in [0.15, 0.2) is 67.0 Å². The first-order valence-corrected chi connectivity index (χ1v) is 9.14. The van der Waals surface area contributed by atoms with Crippen molar-refractivity contribution in [3.8, 4) is 0 Å². The summed E-state index contributed by atoms with van der Waals surface area (Å²) in [5.74, 6) is -0.737. The number of benzene rings is 2. The Hall–Kier alpha value is -3.80. The number of hydrogen-bond donors (Lipinski definition) is 2. The highest BCUT2D eigenvalue weighted by Crippen LogP contribution is 2.13. The average molecular weight is 387 g/mol. The van der Waals surface area contributed by atoms with Crippen LogP contribution < -0.4 is 10.6 Å². The van der Waals surface area contributed by atoms with E-state index in [9.17, 15) is 14.4 Å². The lowest BCUT2D eigenvalue weighted by Crippen LogP contribution is -2.24. The van der Waals surface area contributed by atoms with Crippen LogP contribution in [0, 0.1) is 6.92 Å². The second-order valence-corrected chi connectivity index (χ2v) is 6.66. The molecule has 0 saturated heterocycles. The van der Waals surface area contributed by atoms with Crippen LogP contribution in [0.3, 0.4) is 0 Å². The van der Waals surface area contributed by atoms with Crippen LogP contribution in [0.5, 0.6) is 0 Å². The van der Waals surface area contributed by atoms with Gasteiger partial charge in [-0.2, -0.15) is 0 Å². The second-order valence-electron chi connectivity index (χ2n) is 6.66. The molecule has 0 aliphatic heterocycles. The summed E-state index contributed by atoms with van der Waals surface area (Å²) in [6.07, 6.45) is 2.82. The molecule has 0 aliphatic rings. The molecule has 2 aromatic carbocycles. The third kappa shape index (κ3) is 5.13. The fourth-order valence-corrected chi connectivity index (χ4v) is 2.77. The zero-order valence-electron chi connectivity index (χ0n) is 16.2. The molecular weight excluding hydrogens is 366 g/mol. The fraction of sp³-hybridized carbons (Fsp3) is 0.130. The lowest BCUT2D eigenvalue weighted by molar-refractivity contribution is 0.0949. The monoisotopic (exact) mass is 387 g/mol. The fourth-order valence-electron chi connectivity index (χ4n) is 2.77. The molecule has 0 fully saturated rings. The number of carbonyl (C=O) groups is 3. The van der Waals surface area contributed by atoms with E-state index in [1.807, 2.05) is 31.2 Å². The van der Waals surface area contributed by atoms with E-state index in [-0.39, 0.29) is 23.2 Å². The molecule has 0 spiro atoms. The zero-order valence-corrected chi connectivity index (χ0v) is 16.2. The van der Waals surface area contributed by atoms with Gasteiger partial charge in [0.2, 0.25) is 0 Å². The average Bonchev–Trinajstić information content (AvgIpc) is 2.73. The highest BCUT2D eigenvalue weighted by atomic mass is 16.2. The lowest BCUT2D eigenvalue weighted by Gasteiger charge is -2.09. The van der Waals surface area contributed by atoms with Crippen molar-refractivity contribution in [1.82, 2.24) is 10.3 Å². The van der Waals surface area contributed by atoms with Gasteiger partial charge >= 0.3 is 0 Å². The number of aryl methyl sites for hydroxylation is 1. The number of Topliss-reactive ketones (excluding diaryl/α,β-unsaturated/α-hetero) is 1. The summed E-state index contributed by atoms with van der Waals surface area (Å²) in [5, 5.41) is 5.58. The summed E-state index contributed by atoms with van der Waals surface area (Å²) in [7, 11) is 0. The van der Waals surface area contributed by atoms with Crippen molar-refractivity contribution in [2.24, 2.45) is 0 Å². The number of ketones is 1. The van der Waals surface area contributed by atoms with Crippen LogP contribution in [-0.2, 0) is 6.54 Å². The molecule has 6 nitrogen and oxygen atoms in total. The molecule has 0 atom stereocenters. The summed E-state index contributed by atoms with van der Waals surface area (Å²) in [6, 6.07) is 15.9. The predicted molar refractivity (Wildman–Crippen MR) is 111 cm³/mol. The van der Waals surface area contributed by atoms with Gasteiger partial charge in [0, 0.05) is 30.2 Å². The Morgan fingerprint density at radius 3 is 2.17 bits per heavy atom. The first-order chi connectivity index (χ1) is 13.9. The first kappa shape index (κ1) is 19.9. The van der Waals surface area contributed by atoms with Gasteiger partial charge in [-0.15, -0.1) is 0 Å². The Bertz CT molecular complexity index is 1060. The minimum atomic E-state index is -0.387. The van der Waals surface area contributed by atoms with Gasteiger partial charge < -0.3 is 10.6 Å². The highest BCUT2D eigenvalue weighted by molar-refractivity contribution is 6.06. The molecule has 0 saturated carbocycles. The van der Waals surface area contributed by atoms with Crippen LogP contribution in [0.4, 0.5) is 5.69 Å². The highest BCUT2D eigenvalue weighted by Gasteiger charge is 2.12. The number of anilines is 1. The Labute approximate surface area is 169 Å². The van der Waals surface area contributed by atoms with Crippen LogP contribution >= 0.6 is 0 Å². The Balaban J connectivity index is 1.66. The molecule has 2 N–H and O–H groups in total. The van der Waals surface area contributed by atoms with Gasteiger partial charge in [0.25, 0.3) is 11.8 Å². The van der Waals surface area contributed by atoms with E-state index in [4.69, 9.17) is 0 Å². The van der Waals surface area contributed by atoms with Gasteiger partial charge in [-0.05, 0) is 55.3 Å². The lowest BCUT2D eigenvalue weighted by atomic mass is 10.1. The molecule has 146 valence electrons. The van der Waals surface area contributed by atoms with Gasteiger partial charge in [0.05, 0.1) is 11.1 Å². The van der Waals surface area contributed by atoms with E-state index < -0.39 is 0 Å². The minimum Gasteiger partial charge on any atom is -0.348 e. The summed E-state index contributed by atoms with van der Waals surface area (Å²) < 4.78 is 0. The number of amides is 2. The van der Waals surface area contributed by atoms with Gasteiger partial charge in [-0.25, -0.2) is 0 Å². The normalized spacial score (nSPS) is 10.3. The molecule has 0 aliphatic carbocycles. The first-order valence-electron chi connectivity index (χ1n) is 9.14. The second kappa shape index (κ2) is 8.93. The van der Waals surface area contributed by atoms with Crippen molar-refractivity contribution in [3.05, 3.63) is 94.8 Å². The van der Waals surface area contributed by atoms with E-state index in [0.717, 1.165) is 11.1 Å². The molecule has 6 heteroatoms. The molecule has 3 aromatic rings. The van der Waals surface area contributed by atoms with E-state index in [1.54, 1.807) is 24.3 Å². The number of aromatic nitrogens is 1. The largest absolute Gasteiger partial charge is 0.348 e. The molecule has 0 unspecified atom stereocenters. The molecular formula is C23H21N3O3. The maximum atomic E-state index is 12.5. The van der Waals surface area contributed by atoms with Crippen LogP contribution in [-0.4, -0.2) is 22.6 Å². The van der Waals surface area contributed by atoms with Gasteiger partial charge in [-0.1, -0.05) is 24.3 Å². The molecule has 1 aromatic heterocycles. The SMILES string of the molecule is CC(=O)c1ccc(NC(=O)c2cncc(C(=O)NCc3ccccc3C)c2)cc1. The zero-order chi connectivity index (χ0) is 20.8. The maximum absolute atomic E-state index is 12.5. The van der Waals surface area contributed by atoms with E-state index >= 15 is 0 Å². The molecule has 29 heavy (non-hydrogen) atoms. The van der Waals surface area contributed by atoms with Crippen LogP contribution in [0.2, 0.25) is 0 Å². The summed E-state index contributed by atoms with van der Waals surface area (Å²) in [6.45, 7) is 3.86. The topological polar surface area (TPSA) is 88.2 Å². The Morgan fingerprint density at radius 1 is 0.862 bits per heavy atom. The number of nitrogens with one attached hydrogen (secondary N) is 2. The molecule has 0 radical (unpaired) electrons. The quantitative estimate of drug-likeness (QED) is 0.630. The number of hydrogen-bond acceptors (Lipinski definition) is 4. The minimum absolute atomic E-state index is 0.0449. The number of rotatable bonds is 6. The Morgan fingerprint density at radius 2 is 1.52 bits per heavy atom. The van der Waals surface area contributed by atoms with Gasteiger partial charge in [0.15, 0.2) is 5.78 Å². The molecule has 2 amide bonds. The van der Waals surface area contributed by atoms with Crippen molar-refractivity contribution >= 4 is 23.3 Å². The van der Waals surface area contributed by atoms with E-state index in [2.05, 4.69) is 15.6 Å². The summed E-state index contributed by atoms with van der Waals surface area (Å²) >= 11 is 0. The third-order valence-corrected chi connectivity index (χ3v) is 4.51. The Kier molecular flexibility index (Phi) is 6.14. The van der Waals surface area contributed by atoms with Gasteiger partial charge in [-0.3, -0.25) is 19.4 Å². The van der Waals surface area contributed by atoms with Crippen molar-refractivity contribution in [1.29, 1.82) is 0 Å². The van der Waals surface area contributed by atoms with Crippen LogP contribution in [0.25, 0.3) is 0 Å². The summed E-state index contributed by atoms with van der Waals surface area (Å²) in [4.78, 5) is 40.3. The molecule has 1 heterocycles.